The summed E-state index contributed by atoms with van der Waals surface area (Å²) in [5, 5.41) is 1.24. The molecule has 0 spiro atoms. The molecule has 6 nitrogen and oxygen atoms in total. The highest BCUT2D eigenvalue weighted by Crippen LogP contribution is 2.41. The second-order valence-electron chi connectivity index (χ2n) is 8.47. The van der Waals surface area contributed by atoms with E-state index in [4.69, 9.17) is 9.97 Å². The van der Waals surface area contributed by atoms with Crippen molar-refractivity contribution in [2.75, 3.05) is 31.1 Å². The van der Waals surface area contributed by atoms with Crippen molar-refractivity contribution in [2.24, 2.45) is 5.92 Å². The summed E-state index contributed by atoms with van der Waals surface area (Å²) in [6.07, 6.45) is 8.36. The van der Waals surface area contributed by atoms with E-state index in [1.54, 1.807) is 6.20 Å². The number of pyridine rings is 1. The van der Waals surface area contributed by atoms with Gasteiger partial charge in [0.25, 0.3) is 0 Å². The number of fused-ring (bicyclic) bond motifs is 3. The lowest BCUT2D eigenvalue weighted by Crippen LogP contribution is -2.50. The number of piperazine rings is 1. The monoisotopic (exact) mass is 421 g/mol. The van der Waals surface area contributed by atoms with Crippen molar-refractivity contribution < 1.29 is 4.79 Å². The molecule has 5 rings (SSSR count). The Morgan fingerprint density at radius 1 is 1.10 bits per heavy atom. The Balaban J connectivity index is 1.56. The van der Waals surface area contributed by atoms with Gasteiger partial charge in [-0.15, -0.1) is 11.3 Å². The molecule has 7 heteroatoms. The molecule has 0 N–H and O–H groups in total. The normalized spacial score (nSPS) is 16.9. The number of aryl methyl sites for hydroxylation is 2. The van der Waals surface area contributed by atoms with Gasteiger partial charge >= 0.3 is 0 Å². The third-order valence-corrected chi connectivity index (χ3v) is 7.29. The Bertz CT molecular complexity index is 1070. The largest absolute Gasteiger partial charge is 0.352 e. The first-order valence-electron chi connectivity index (χ1n) is 10.9. The van der Waals surface area contributed by atoms with Crippen molar-refractivity contribution in [2.45, 2.75) is 39.5 Å². The molecular weight excluding hydrogens is 394 g/mol. The average Bonchev–Trinajstić information content (AvgIpc) is 3.17. The van der Waals surface area contributed by atoms with E-state index in [2.05, 4.69) is 9.88 Å². The molecule has 3 aromatic rings. The standard InChI is InChI=1S/C23H27N5OS/c1-15(2)23(29)28-12-10-27(11-13-28)21-19-17-7-3-4-8-18(17)30-22(19)26-20(25-21)16-6-5-9-24-14-16/h5-6,9,14-15H,3-4,7-8,10-13H2,1-2H3. The summed E-state index contributed by atoms with van der Waals surface area (Å²) in [5.74, 6) is 2.06. The highest BCUT2D eigenvalue weighted by Gasteiger charge is 2.28. The number of thiophene rings is 1. The van der Waals surface area contributed by atoms with Gasteiger partial charge in [-0.3, -0.25) is 9.78 Å². The van der Waals surface area contributed by atoms with Crippen molar-refractivity contribution in [1.82, 2.24) is 19.9 Å². The SMILES string of the molecule is CC(C)C(=O)N1CCN(c2nc(-c3cccnc3)nc3sc4c(c23)CCCC4)CC1. The minimum atomic E-state index is 0.0448. The molecule has 0 aromatic carbocycles. The van der Waals surface area contributed by atoms with E-state index in [9.17, 15) is 4.79 Å². The van der Waals surface area contributed by atoms with Crippen LogP contribution in [0.4, 0.5) is 5.82 Å². The molecule has 156 valence electrons. The number of nitrogens with zero attached hydrogens (tertiary/aromatic N) is 5. The summed E-state index contributed by atoms with van der Waals surface area (Å²) < 4.78 is 0. The van der Waals surface area contributed by atoms with Crippen molar-refractivity contribution in [3.8, 4) is 11.4 Å². The lowest BCUT2D eigenvalue weighted by atomic mass is 9.96. The molecule has 0 atom stereocenters. The van der Waals surface area contributed by atoms with Crippen LogP contribution < -0.4 is 4.90 Å². The van der Waals surface area contributed by atoms with Crippen molar-refractivity contribution in [1.29, 1.82) is 0 Å². The molecule has 2 aliphatic rings. The van der Waals surface area contributed by atoms with Gasteiger partial charge in [-0.05, 0) is 43.4 Å². The van der Waals surface area contributed by atoms with Gasteiger partial charge in [0.15, 0.2) is 5.82 Å². The fourth-order valence-electron chi connectivity index (χ4n) is 4.49. The highest BCUT2D eigenvalue weighted by atomic mass is 32.1. The fourth-order valence-corrected chi connectivity index (χ4v) is 5.75. The van der Waals surface area contributed by atoms with Crippen LogP contribution in [0.15, 0.2) is 24.5 Å². The van der Waals surface area contributed by atoms with Crippen LogP contribution in [0, 0.1) is 5.92 Å². The highest BCUT2D eigenvalue weighted by molar-refractivity contribution is 7.19. The maximum Gasteiger partial charge on any atom is 0.225 e. The first kappa shape index (κ1) is 19.4. The van der Waals surface area contributed by atoms with E-state index in [-0.39, 0.29) is 11.8 Å². The van der Waals surface area contributed by atoms with E-state index in [1.165, 1.54) is 28.7 Å². The molecule has 1 saturated heterocycles. The number of rotatable bonds is 3. The van der Waals surface area contributed by atoms with Crippen LogP contribution >= 0.6 is 11.3 Å². The number of hydrogen-bond donors (Lipinski definition) is 0. The lowest BCUT2D eigenvalue weighted by Gasteiger charge is -2.36. The first-order chi connectivity index (χ1) is 14.6. The number of carbonyl (C=O) groups excluding carboxylic acids is 1. The molecule has 1 aliphatic heterocycles. The Hall–Kier alpha value is -2.54. The van der Waals surface area contributed by atoms with Crippen molar-refractivity contribution in [3.63, 3.8) is 0 Å². The van der Waals surface area contributed by atoms with Gasteiger partial charge in [-0.25, -0.2) is 9.97 Å². The lowest BCUT2D eigenvalue weighted by molar-refractivity contribution is -0.134. The zero-order valence-corrected chi connectivity index (χ0v) is 18.4. The van der Waals surface area contributed by atoms with Crippen LogP contribution in [0.1, 0.15) is 37.1 Å². The van der Waals surface area contributed by atoms with Gasteiger partial charge in [0, 0.05) is 54.9 Å². The first-order valence-corrected chi connectivity index (χ1v) is 11.7. The van der Waals surface area contributed by atoms with Gasteiger partial charge in [0.2, 0.25) is 5.91 Å². The molecule has 0 saturated carbocycles. The van der Waals surface area contributed by atoms with E-state index in [0.29, 0.717) is 0 Å². The number of aromatic nitrogens is 3. The molecule has 30 heavy (non-hydrogen) atoms. The quantitative estimate of drug-likeness (QED) is 0.641. The molecule has 1 amide bonds. The third-order valence-electron chi connectivity index (χ3n) is 6.10. The average molecular weight is 422 g/mol. The van der Waals surface area contributed by atoms with Crippen LogP contribution in [-0.4, -0.2) is 51.9 Å². The van der Waals surface area contributed by atoms with E-state index in [1.807, 2.05) is 48.4 Å². The summed E-state index contributed by atoms with van der Waals surface area (Å²) in [4.78, 5) is 33.6. The Labute approximate surface area is 181 Å². The van der Waals surface area contributed by atoms with Crippen LogP contribution in [0.2, 0.25) is 0 Å². The summed E-state index contributed by atoms with van der Waals surface area (Å²) in [6.45, 7) is 7.05. The van der Waals surface area contributed by atoms with Gasteiger partial charge in [0.05, 0.1) is 5.39 Å². The molecule has 1 aliphatic carbocycles. The smallest absolute Gasteiger partial charge is 0.225 e. The zero-order chi connectivity index (χ0) is 20.7. The Morgan fingerprint density at radius 2 is 1.90 bits per heavy atom. The topological polar surface area (TPSA) is 62.2 Å². The number of hydrogen-bond acceptors (Lipinski definition) is 6. The summed E-state index contributed by atoms with van der Waals surface area (Å²) in [7, 11) is 0. The predicted molar refractivity (Wildman–Crippen MR) is 121 cm³/mol. The molecule has 0 unspecified atom stereocenters. The second kappa shape index (κ2) is 7.95. The molecule has 1 fully saturated rings. The summed E-state index contributed by atoms with van der Waals surface area (Å²) >= 11 is 1.83. The Kier molecular flexibility index (Phi) is 5.15. The van der Waals surface area contributed by atoms with Gasteiger partial charge < -0.3 is 9.80 Å². The predicted octanol–water partition coefficient (Wildman–Crippen LogP) is 3.94. The molecule has 0 bridgehead atoms. The van der Waals surface area contributed by atoms with Gasteiger partial charge in [0.1, 0.15) is 10.6 Å². The third kappa shape index (κ3) is 3.45. The Morgan fingerprint density at radius 3 is 2.63 bits per heavy atom. The van der Waals surface area contributed by atoms with Gasteiger partial charge in [-0.1, -0.05) is 13.8 Å². The van der Waals surface area contributed by atoms with Crippen LogP contribution in [0.25, 0.3) is 21.6 Å². The van der Waals surface area contributed by atoms with Crippen LogP contribution in [0.5, 0.6) is 0 Å². The maximum absolute atomic E-state index is 12.4. The van der Waals surface area contributed by atoms with Gasteiger partial charge in [-0.2, -0.15) is 0 Å². The zero-order valence-electron chi connectivity index (χ0n) is 17.6. The summed E-state index contributed by atoms with van der Waals surface area (Å²) in [6, 6.07) is 3.95. The molecule has 4 heterocycles. The number of carbonyl (C=O) groups is 1. The second-order valence-corrected chi connectivity index (χ2v) is 9.55. The molecule has 3 aromatic heterocycles. The van der Waals surface area contributed by atoms with E-state index < -0.39 is 0 Å². The minimum absolute atomic E-state index is 0.0448. The molecule has 0 radical (unpaired) electrons. The number of amides is 1. The van der Waals surface area contributed by atoms with Crippen molar-refractivity contribution in [3.05, 3.63) is 35.0 Å². The van der Waals surface area contributed by atoms with Crippen LogP contribution in [0.3, 0.4) is 0 Å². The fraction of sp³-hybridized carbons (Fsp3) is 0.478. The maximum atomic E-state index is 12.4. The number of anilines is 1. The van der Waals surface area contributed by atoms with Crippen LogP contribution in [-0.2, 0) is 17.6 Å². The van der Waals surface area contributed by atoms with E-state index in [0.717, 1.165) is 61.1 Å². The van der Waals surface area contributed by atoms with Crippen molar-refractivity contribution >= 4 is 33.3 Å². The van der Waals surface area contributed by atoms with E-state index >= 15 is 0 Å². The summed E-state index contributed by atoms with van der Waals surface area (Å²) in [5.41, 5.74) is 2.40. The minimum Gasteiger partial charge on any atom is -0.352 e. The molecular formula is C23H27N5OS.